The molecule has 0 radical (unpaired) electrons. The highest BCUT2D eigenvalue weighted by Crippen LogP contribution is 2.47. The Kier molecular flexibility index (Phi) is 11.4. The molecule has 278 valence electrons. The zero-order valence-electron chi connectivity index (χ0n) is 26.9. The minimum absolute atomic E-state index is 0.0224. The second kappa shape index (κ2) is 15.6. The molecule has 0 saturated carbocycles. The molecule has 0 spiro atoms. The van der Waals surface area contributed by atoms with Crippen molar-refractivity contribution >= 4 is 50.3 Å². The van der Waals surface area contributed by atoms with Crippen LogP contribution in [-0.4, -0.2) is 133 Å². The number of hydrogen-bond acceptors (Lipinski definition) is 17. The number of phosphoric ester groups is 1. The summed E-state index contributed by atoms with van der Waals surface area (Å²) in [6, 6.07) is -1.03. The number of hydrogen-bond donors (Lipinski definition) is 8. The van der Waals surface area contributed by atoms with E-state index in [0.29, 0.717) is 17.6 Å². The van der Waals surface area contributed by atoms with Gasteiger partial charge in [-0.05, 0) is 25.7 Å². The number of anilines is 1. The van der Waals surface area contributed by atoms with Gasteiger partial charge in [-0.3, -0.25) is 23.8 Å². The molecule has 9 N–H and O–H groups in total. The third kappa shape index (κ3) is 8.27. The lowest BCUT2D eigenvalue weighted by Crippen LogP contribution is -2.46. The third-order valence-electron chi connectivity index (χ3n) is 8.83. The molecule has 10 unspecified atom stereocenters. The SMILES string of the molecule is C=[P+](O)OC1C(O)CCC(n2cnc3c(N)ncnc32)COC1COP(=O)(O)OC1CCC(n2cnc3c(=O)[nH]c(=O)[nH]c32)COC(CO)C1O. The minimum Gasteiger partial charge on any atom is -0.394 e. The molecule has 2 aliphatic rings. The summed E-state index contributed by atoms with van der Waals surface area (Å²) >= 11 is 0. The van der Waals surface area contributed by atoms with E-state index in [-0.39, 0.29) is 49.5 Å². The van der Waals surface area contributed by atoms with Crippen LogP contribution < -0.4 is 17.0 Å². The van der Waals surface area contributed by atoms with E-state index in [2.05, 4.69) is 36.2 Å². The second-order valence-electron chi connectivity index (χ2n) is 12.1. The zero-order chi connectivity index (χ0) is 36.4. The van der Waals surface area contributed by atoms with Crippen molar-refractivity contribution in [3.8, 4) is 0 Å². The van der Waals surface area contributed by atoms with Gasteiger partial charge in [-0.1, -0.05) is 0 Å². The number of ether oxygens (including phenoxy) is 2. The lowest BCUT2D eigenvalue weighted by molar-refractivity contribution is -0.129. The van der Waals surface area contributed by atoms with Gasteiger partial charge in [0, 0.05) is 0 Å². The van der Waals surface area contributed by atoms with Crippen molar-refractivity contribution in [2.24, 2.45) is 0 Å². The smallest absolute Gasteiger partial charge is 0.394 e. The fourth-order valence-electron chi connectivity index (χ4n) is 6.24. The van der Waals surface area contributed by atoms with E-state index in [1.54, 1.807) is 4.57 Å². The van der Waals surface area contributed by atoms with Gasteiger partial charge in [-0.15, -0.1) is 4.52 Å². The maximum Gasteiger partial charge on any atom is 0.472 e. The van der Waals surface area contributed by atoms with Gasteiger partial charge in [-0.2, -0.15) is 4.89 Å². The average Bonchev–Trinajstić information content (AvgIpc) is 3.70. The van der Waals surface area contributed by atoms with Crippen molar-refractivity contribution in [2.75, 3.05) is 32.2 Å². The standard InChI is InChI=1S/C27H37N9O13P2/c1-50(42)48-22-15(38)4-2-13(35-11-31-19-23(28)29-10-30-24(19)35)8-46-18(22)9-47-51(43,44)49-16-5-3-14(7-45-17(6-37)21(16)39)36-12-32-20-25(36)33-27(41)34-26(20)40/h10-18,21-22,37-39H,1-9H2,(H5-,28,29,30,33,34,40,41,42,43,44)/p+1. The molecule has 2 saturated heterocycles. The first kappa shape index (κ1) is 37.3. The molecule has 0 amide bonds. The van der Waals surface area contributed by atoms with Gasteiger partial charge in [-0.25, -0.2) is 29.3 Å². The summed E-state index contributed by atoms with van der Waals surface area (Å²) in [6.07, 6.45) is 0.241. The second-order valence-corrected chi connectivity index (χ2v) is 14.4. The Bertz CT molecular complexity index is 2020. The highest BCUT2D eigenvalue weighted by molar-refractivity contribution is 7.47. The van der Waals surface area contributed by atoms with Crippen LogP contribution in [0.2, 0.25) is 0 Å². The normalized spacial score (nSPS) is 29.5. The zero-order valence-corrected chi connectivity index (χ0v) is 28.7. The van der Waals surface area contributed by atoms with E-state index in [0.717, 1.165) is 0 Å². The predicted molar refractivity (Wildman–Crippen MR) is 178 cm³/mol. The number of aliphatic hydroxyl groups is 3. The molecule has 24 heteroatoms. The molecule has 0 bridgehead atoms. The van der Waals surface area contributed by atoms with Gasteiger partial charge in [0.05, 0.1) is 63.4 Å². The molecule has 22 nitrogen and oxygen atoms in total. The maximum absolute atomic E-state index is 13.4. The number of H-pyrrole nitrogens is 2. The van der Waals surface area contributed by atoms with Crippen molar-refractivity contribution in [2.45, 2.75) is 74.4 Å². The predicted octanol–water partition coefficient (Wildman–Crippen LogP) is -1.39. The van der Waals surface area contributed by atoms with Crippen molar-refractivity contribution in [1.29, 1.82) is 0 Å². The summed E-state index contributed by atoms with van der Waals surface area (Å²) in [5.74, 6) is 0.181. The topological polar surface area (TPSA) is 318 Å². The number of aromatic nitrogens is 8. The van der Waals surface area contributed by atoms with Crippen LogP contribution in [0.4, 0.5) is 5.82 Å². The third-order valence-corrected chi connectivity index (χ3v) is 10.3. The molecule has 10 atom stereocenters. The monoisotopic (exact) mass is 758 g/mol. The van der Waals surface area contributed by atoms with Crippen LogP contribution in [0.25, 0.3) is 22.3 Å². The lowest BCUT2D eigenvalue weighted by Gasteiger charge is -2.35. The summed E-state index contributed by atoms with van der Waals surface area (Å²) in [5.41, 5.74) is 5.36. The molecule has 2 aliphatic heterocycles. The Labute approximate surface area is 288 Å². The number of nitrogens with zero attached hydrogens (tertiary/aromatic N) is 6. The fraction of sp³-hybridized carbons (Fsp3) is 0.593. The number of nitrogens with one attached hydrogen (secondary N) is 2. The molecular formula is C27H38N9O13P2+. The number of aromatic amines is 2. The van der Waals surface area contributed by atoms with Crippen LogP contribution in [0.3, 0.4) is 0 Å². The minimum atomic E-state index is -5.02. The molecule has 6 heterocycles. The summed E-state index contributed by atoms with van der Waals surface area (Å²) in [7, 11) is -7.27. The van der Waals surface area contributed by atoms with Crippen LogP contribution in [0.1, 0.15) is 37.8 Å². The summed E-state index contributed by atoms with van der Waals surface area (Å²) in [4.78, 5) is 66.1. The molecule has 51 heavy (non-hydrogen) atoms. The van der Waals surface area contributed by atoms with Crippen LogP contribution in [0.15, 0.2) is 28.6 Å². The highest BCUT2D eigenvalue weighted by Gasteiger charge is 2.42. The van der Waals surface area contributed by atoms with E-state index in [1.165, 1.54) is 23.5 Å². The van der Waals surface area contributed by atoms with Crippen LogP contribution >= 0.6 is 15.8 Å². The van der Waals surface area contributed by atoms with Gasteiger partial charge in [0.2, 0.25) is 0 Å². The summed E-state index contributed by atoms with van der Waals surface area (Å²) in [5, 5.41) is 32.0. The maximum atomic E-state index is 13.4. The summed E-state index contributed by atoms with van der Waals surface area (Å²) < 4.78 is 44.6. The molecule has 0 aromatic carbocycles. The van der Waals surface area contributed by atoms with E-state index in [4.69, 9.17) is 28.8 Å². The number of nitrogen functional groups attached to an aromatic ring is 1. The Morgan fingerprint density at radius 2 is 1.69 bits per heavy atom. The number of fused-ring (bicyclic) bond motifs is 2. The molecule has 4 aromatic rings. The van der Waals surface area contributed by atoms with Gasteiger partial charge in [0.1, 0.15) is 42.1 Å². The molecule has 2 fully saturated rings. The van der Waals surface area contributed by atoms with Crippen LogP contribution in [0.5, 0.6) is 0 Å². The van der Waals surface area contributed by atoms with E-state index >= 15 is 0 Å². The quantitative estimate of drug-likeness (QED) is 0.0863. The molecule has 6 rings (SSSR count). The van der Waals surface area contributed by atoms with Crippen molar-refractivity contribution in [1.82, 2.24) is 39.0 Å². The average molecular weight is 759 g/mol. The molecule has 4 aromatic heterocycles. The number of rotatable bonds is 10. The largest absolute Gasteiger partial charge is 0.472 e. The van der Waals surface area contributed by atoms with E-state index < -0.39 is 89.0 Å². The van der Waals surface area contributed by atoms with E-state index in [1.807, 2.05) is 0 Å². The van der Waals surface area contributed by atoms with Crippen LogP contribution in [0, 0.1) is 0 Å². The van der Waals surface area contributed by atoms with Gasteiger partial charge >= 0.3 is 21.5 Å². The Morgan fingerprint density at radius 3 is 2.43 bits per heavy atom. The van der Waals surface area contributed by atoms with Crippen molar-refractivity contribution < 1.29 is 52.7 Å². The Balaban J connectivity index is 1.17. The first-order valence-corrected chi connectivity index (χ1v) is 18.7. The molecule has 0 aliphatic carbocycles. The van der Waals surface area contributed by atoms with Crippen molar-refractivity contribution in [3.63, 3.8) is 0 Å². The number of aliphatic hydroxyl groups excluding tert-OH is 3. The van der Waals surface area contributed by atoms with Crippen LogP contribution in [-0.2, 0) is 27.6 Å². The lowest BCUT2D eigenvalue weighted by atomic mass is 9.99. The van der Waals surface area contributed by atoms with Gasteiger partial charge < -0.3 is 44.6 Å². The van der Waals surface area contributed by atoms with Crippen molar-refractivity contribution in [3.05, 3.63) is 39.8 Å². The first-order chi connectivity index (χ1) is 24.3. The number of imidazole rings is 2. The number of phosphoric acid groups is 1. The van der Waals surface area contributed by atoms with Gasteiger partial charge in [0.15, 0.2) is 23.1 Å². The van der Waals surface area contributed by atoms with E-state index in [9.17, 15) is 39.3 Å². The highest BCUT2D eigenvalue weighted by atomic mass is 31.2. The van der Waals surface area contributed by atoms with Gasteiger partial charge in [0.25, 0.3) is 5.56 Å². The Hall–Kier alpha value is -3.50. The molecular weight excluding hydrogens is 720 g/mol. The number of nitrogens with two attached hydrogens (primary N) is 1. The fourth-order valence-corrected chi connectivity index (χ4v) is 7.77. The summed E-state index contributed by atoms with van der Waals surface area (Å²) in [6.45, 7) is -1.45. The first-order valence-electron chi connectivity index (χ1n) is 15.8. The Morgan fingerprint density at radius 1 is 1.00 bits per heavy atom.